The smallest absolute Gasteiger partial charge is 0.259 e. The summed E-state index contributed by atoms with van der Waals surface area (Å²) in [6, 6.07) is 7.13. The molecule has 0 atom stereocenters. The van der Waals surface area contributed by atoms with Crippen molar-refractivity contribution in [3.8, 4) is 11.4 Å². The molecule has 124 valence electrons. The molecule has 0 aliphatic carbocycles. The fourth-order valence-electron chi connectivity index (χ4n) is 2.64. The van der Waals surface area contributed by atoms with Crippen molar-refractivity contribution in [2.24, 2.45) is 0 Å². The number of imidazole rings is 1. The quantitative estimate of drug-likeness (QED) is 0.492. The molecule has 0 fully saturated rings. The van der Waals surface area contributed by atoms with Crippen LogP contribution in [0.4, 0.5) is 0 Å². The molecule has 0 saturated heterocycles. The first-order valence-electron chi connectivity index (χ1n) is 8.44. The van der Waals surface area contributed by atoms with Crippen LogP contribution in [0, 0.1) is 0 Å². The summed E-state index contributed by atoms with van der Waals surface area (Å²) >= 11 is 0. The Kier molecular flexibility index (Phi) is 5.21. The average molecular weight is 322 g/mol. The van der Waals surface area contributed by atoms with Gasteiger partial charge in [0.15, 0.2) is 0 Å². The summed E-state index contributed by atoms with van der Waals surface area (Å²) in [5.74, 6) is 0.640. The summed E-state index contributed by atoms with van der Waals surface area (Å²) in [5.41, 5.74) is 1.22. The molecule has 3 aromatic rings. The van der Waals surface area contributed by atoms with Gasteiger partial charge in [0, 0.05) is 31.2 Å². The number of fused-ring (bicyclic) bond motifs is 1. The van der Waals surface area contributed by atoms with Crippen molar-refractivity contribution >= 4 is 5.78 Å². The lowest BCUT2D eigenvalue weighted by atomic mass is 10.2. The van der Waals surface area contributed by atoms with Gasteiger partial charge in [-0.2, -0.15) is 0 Å². The Morgan fingerprint density at radius 2 is 2.04 bits per heavy atom. The van der Waals surface area contributed by atoms with Crippen molar-refractivity contribution in [3.05, 3.63) is 65.4 Å². The molecule has 0 radical (unpaired) electrons. The molecule has 3 rings (SSSR count). The Bertz CT molecular complexity index is 877. The van der Waals surface area contributed by atoms with Crippen LogP contribution in [0.2, 0.25) is 0 Å². The zero-order valence-corrected chi connectivity index (χ0v) is 13.9. The summed E-state index contributed by atoms with van der Waals surface area (Å²) in [6.07, 6.45) is 14.5. The molecule has 0 N–H and O–H groups in total. The molecule has 0 aromatic carbocycles. The van der Waals surface area contributed by atoms with Crippen LogP contribution < -0.4 is 5.56 Å². The number of aromatic nitrogens is 4. The molecular weight excluding hydrogens is 300 g/mol. The SMILES string of the molecule is CCCCCC=CCn1ccn2c(=O)cc(-c3ccccn3)nc12. The van der Waals surface area contributed by atoms with Crippen LogP contribution in [-0.2, 0) is 6.54 Å². The minimum Gasteiger partial charge on any atom is -0.313 e. The van der Waals surface area contributed by atoms with Gasteiger partial charge in [-0.1, -0.05) is 38.0 Å². The van der Waals surface area contributed by atoms with E-state index >= 15 is 0 Å². The van der Waals surface area contributed by atoms with E-state index in [1.54, 1.807) is 16.8 Å². The zero-order chi connectivity index (χ0) is 16.8. The predicted molar refractivity (Wildman–Crippen MR) is 96.0 cm³/mol. The molecule has 5 nitrogen and oxygen atoms in total. The van der Waals surface area contributed by atoms with Crippen LogP contribution >= 0.6 is 0 Å². The Labute approximate surface area is 141 Å². The molecule has 0 amide bonds. The van der Waals surface area contributed by atoms with E-state index in [1.807, 2.05) is 29.0 Å². The predicted octanol–water partition coefficient (Wildman–Crippen LogP) is 3.69. The molecule has 5 heteroatoms. The Morgan fingerprint density at radius 3 is 2.83 bits per heavy atom. The molecule has 0 unspecified atom stereocenters. The second-order valence-corrected chi connectivity index (χ2v) is 5.78. The van der Waals surface area contributed by atoms with E-state index in [0.29, 0.717) is 23.7 Å². The lowest BCUT2D eigenvalue weighted by Gasteiger charge is -2.03. The molecule has 24 heavy (non-hydrogen) atoms. The first-order chi connectivity index (χ1) is 11.8. The number of hydrogen-bond donors (Lipinski definition) is 0. The minimum absolute atomic E-state index is 0.0914. The Hall–Kier alpha value is -2.69. The third-order valence-corrected chi connectivity index (χ3v) is 3.96. The van der Waals surface area contributed by atoms with Gasteiger partial charge in [-0.05, 0) is 25.0 Å². The lowest BCUT2D eigenvalue weighted by molar-refractivity contribution is 0.726. The fraction of sp³-hybridized carbons (Fsp3) is 0.316. The van der Waals surface area contributed by atoms with E-state index in [-0.39, 0.29) is 5.56 Å². The van der Waals surface area contributed by atoms with Crippen LogP contribution in [0.3, 0.4) is 0 Å². The van der Waals surface area contributed by atoms with Gasteiger partial charge in [-0.3, -0.25) is 14.2 Å². The molecule has 3 heterocycles. The van der Waals surface area contributed by atoms with Crippen LogP contribution in [0.5, 0.6) is 0 Å². The number of rotatable bonds is 7. The zero-order valence-electron chi connectivity index (χ0n) is 13.9. The highest BCUT2D eigenvalue weighted by Crippen LogP contribution is 2.13. The number of unbranched alkanes of at least 4 members (excludes halogenated alkanes) is 3. The standard InChI is InChI=1S/C19H22N4O/c1-2-3-4-5-6-9-12-22-13-14-23-18(24)15-17(21-19(22)23)16-10-7-8-11-20-16/h6-11,13-15H,2-5,12H2,1H3. The topological polar surface area (TPSA) is 52.2 Å². The first-order valence-corrected chi connectivity index (χ1v) is 8.44. The maximum atomic E-state index is 12.3. The Balaban J connectivity index is 1.85. The van der Waals surface area contributed by atoms with Gasteiger partial charge >= 0.3 is 0 Å². The van der Waals surface area contributed by atoms with E-state index in [2.05, 4.69) is 29.0 Å². The van der Waals surface area contributed by atoms with Crippen molar-refractivity contribution in [3.63, 3.8) is 0 Å². The van der Waals surface area contributed by atoms with Crippen molar-refractivity contribution < 1.29 is 0 Å². The van der Waals surface area contributed by atoms with Gasteiger partial charge in [0.1, 0.15) is 0 Å². The first kappa shape index (κ1) is 16.2. The summed E-state index contributed by atoms with van der Waals surface area (Å²) in [6.45, 7) is 2.92. The maximum absolute atomic E-state index is 12.3. The normalized spacial score (nSPS) is 11.5. The fourth-order valence-corrected chi connectivity index (χ4v) is 2.64. The van der Waals surface area contributed by atoms with Crippen molar-refractivity contribution in [2.45, 2.75) is 39.2 Å². The highest BCUT2D eigenvalue weighted by molar-refractivity contribution is 5.55. The van der Waals surface area contributed by atoms with E-state index in [9.17, 15) is 4.79 Å². The van der Waals surface area contributed by atoms with Gasteiger partial charge in [-0.15, -0.1) is 0 Å². The van der Waals surface area contributed by atoms with E-state index in [1.165, 1.54) is 25.3 Å². The van der Waals surface area contributed by atoms with Crippen LogP contribution in [0.1, 0.15) is 32.6 Å². The summed E-state index contributed by atoms with van der Waals surface area (Å²) < 4.78 is 3.54. The van der Waals surface area contributed by atoms with E-state index in [0.717, 1.165) is 6.42 Å². The minimum atomic E-state index is -0.0914. The van der Waals surface area contributed by atoms with Crippen LogP contribution in [0.15, 0.2) is 59.8 Å². The largest absolute Gasteiger partial charge is 0.313 e. The second kappa shape index (κ2) is 7.73. The highest BCUT2D eigenvalue weighted by atomic mass is 16.1. The van der Waals surface area contributed by atoms with Crippen LogP contribution in [0.25, 0.3) is 17.2 Å². The average Bonchev–Trinajstić information content (AvgIpc) is 3.02. The van der Waals surface area contributed by atoms with E-state index < -0.39 is 0 Å². The second-order valence-electron chi connectivity index (χ2n) is 5.78. The molecule has 0 aliphatic heterocycles. The molecule has 3 aromatic heterocycles. The molecule has 0 aliphatic rings. The van der Waals surface area contributed by atoms with Crippen molar-refractivity contribution in [1.82, 2.24) is 18.9 Å². The third-order valence-electron chi connectivity index (χ3n) is 3.96. The Morgan fingerprint density at radius 1 is 1.12 bits per heavy atom. The third kappa shape index (κ3) is 3.62. The van der Waals surface area contributed by atoms with Gasteiger partial charge in [-0.25, -0.2) is 4.98 Å². The number of pyridine rings is 1. The number of nitrogens with zero attached hydrogens (tertiary/aromatic N) is 4. The molecular formula is C19H22N4O. The number of hydrogen-bond acceptors (Lipinski definition) is 3. The highest BCUT2D eigenvalue weighted by Gasteiger charge is 2.08. The molecule has 0 spiro atoms. The van der Waals surface area contributed by atoms with Gasteiger partial charge in [0.05, 0.1) is 11.4 Å². The van der Waals surface area contributed by atoms with Crippen molar-refractivity contribution in [2.75, 3.05) is 0 Å². The number of allylic oxidation sites excluding steroid dienone is 2. The van der Waals surface area contributed by atoms with Crippen LogP contribution in [-0.4, -0.2) is 18.9 Å². The summed E-state index contributed by atoms with van der Waals surface area (Å²) in [5, 5.41) is 0. The van der Waals surface area contributed by atoms with Crippen molar-refractivity contribution in [1.29, 1.82) is 0 Å². The monoisotopic (exact) mass is 322 g/mol. The molecule has 0 saturated carbocycles. The lowest BCUT2D eigenvalue weighted by Crippen LogP contribution is -2.14. The molecule has 0 bridgehead atoms. The van der Waals surface area contributed by atoms with Gasteiger partial charge in [0.2, 0.25) is 5.78 Å². The summed E-state index contributed by atoms with van der Waals surface area (Å²) in [7, 11) is 0. The summed E-state index contributed by atoms with van der Waals surface area (Å²) in [4.78, 5) is 21.2. The van der Waals surface area contributed by atoms with Gasteiger partial charge in [0.25, 0.3) is 5.56 Å². The maximum Gasteiger partial charge on any atom is 0.259 e. The van der Waals surface area contributed by atoms with E-state index in [4.69, 9.17) is 0 Å². The van der Waals surface area contributed by atoms with Gasteiger partial charge < -0.3 is 4.57 Å².